The molecule has 0 aromatic heterocycles. The molecule has 7 heteroatoms. The summed E-state index contributed by atoms with van der Waals surface area (Å²) < 4.78 is 9.77. The smallest absolute Gasteiger partial charge is 0.343 e. The summed E-state index contributed by atoms with van der Waals surface area (Å²) in [5.41, 5.74) is 0.717. The van der Waals surface area contributed by atoms with Crippen LogP contribution in [-0.2, 0) is 19.1 Å². The number of carbonyl (C=O) groups is 3. The molecule has 1 aromatic carbocycles. The number of amides is 2. The van der Waals surface area contributed by atoms with Gasteiger partial charge < -0.3 is 9.47 Å². The van der Waals surface area contributed by atoms with Crippen molar-refractivity contribution in [3.8, 4) is 5.75 Å². The second-order valence-electron chi connectivity index (χ2n) is 6.67. The van der Waals surface area contributed by atoms with E-state index in [0.717, 1.165) is 11.4 Å². The number of ether oxygens (including phenoxy) is 2. The van der Waals surface area contributed by atoms with Crippen molar-refractivity contribution in [1.82, 2.24) is 5.01 Å². The Bertz CT molecular complexity index is 784. The molecule has 7 nitrogen and oxygen atoms in total. The first kappa shape index (κ1) is 16.5. The highest BCUT2D eigenvalue weighted by atomic mass is 16.6. The minimum Gasteiger partial charge on any atom is -0.482 e. The van der Waals surface area contributed by atoms with Crippen LogP contribution in [0.4, 0.5) is 0 Å². The van der Waals surface area contributed by atoms with Gasteiger partial charge in [0.25, 0.3) is 11.8 Å². The summed E-state index contributed by atoms with van der Waals surface area (Å²) in [4.78, 5) is 36.1. The number of fused-ring (bicyclic) bond motifs is 5. The fraction of sp³-hybridized carbons (Fsp3) is 0.368. The maximum Gasteiger partial charge on any atom is 0.343 e. The first-order valence-electron chi connectivity index (χ1n) is 8.48. The Kier molecular flexibility index (Phi) is 4.06. The van der Waals surface area contributed by atoms with Crippen LogP contribution in [0.1, 0.15) is 12.0 Å². The Balaban J connectivity index is 1.41. The van der Waals surface area contributed by atoms with E-state index in [0.29, 0.717) is 11.3 Å². The molecule has 2 fully saturated rings. The highest BCUT2D eigenvalue weighted by Crippen LogP contribution is 2.52. The van der Waals surface area contributed by atoms with Crippen molar-refractivity contribution >= 4 is 24.0 Å². The van der Waals surface area contributed by atoms with Crippen LogP contribution in [0, 0.1) is 23.7 Å². The first-order valence-corrected chi connectivity index (χ1v) is 8.48. The normalized spacial score (nSPS) is 28.9. The lowest BCUT2D eigenvalue weighted by Gasteiger charge is -2.13. The second-order valence-corrected chi connectivity index (χ2v) is 6.67. The van der Waals surface area contributed by atoms with Gasteiger partial charge in [0.1, 0.15) is 5.75 Å². The molecule has 2 amide bonds. The molecule has 2 aliphatic carbocycles. The number of nitrogens with zero attached hydrogens (tertiary/aromatic N) is 2. The van der Waals surface area contributed by atoms with Crippen LogP contribution >= 0.6 is 0 Å². The summed E-state index contributed by atoms with van der Waals surface area (Å²) in [6.45, 7) is -0.167. The maximum absolute atomic E-state index is 12.5. The molecule has 1 saturated carbocycles. The van der Waals surface area contributed by atoms with Crippen LogP contribution in [0.3, 0.4) is 0 Å². The van der Waals surface area contributed by atoms with Crippen molar-refractivity contribution in [2.24, 2.45) is 28.8 Å². The number of methoxy groups -OCH3 is 1. The Morgan fingerprint density at radius 3 is 2.35 bits per heavy atom. The number of imide groups is 1. The van der Waals surface area contributed by atoms with Gasteiger partial charge in [-0.25, -0.2) is 4.79 Å². The summed E-state index contributed by atoms with van der Waals surface area (Å²) in [6.07, 6.45) is 6.49. The van der Waals surface area contributed by atoms with Gasteiger partial charge in [0, 0.05) is 0 Å². The zero-order valence-electron chi connectivity index (χ0n) is 14.2. The highest BCUT2D eigenvalue weighted by Gasteiger charge is 2.59. The molecule has 0 unspecified atom stereocenters. The minimum atomic E-state index is -0.462. The average molecular weight is 354 g/mol. The second kappa shape index (κ2) is 6.40. The Morgan fingerprint density at radius 2 is 1.77 bits per heavy atom. The lowest BCUT2D eigenvalue weighted by atomic mass is 9.85. The molecule has 1 heterocycles. The monoisotopic (exact) mass is 354 g/mol. The predicted molar refractivity (Wildman–Crippen MR) is 91.1 cm³/mol. The van der Waals surface area contributed by atoms with Gasteiger partial charge in [-0.05, 0) is 48.1 Å². The van der Waals surface area contributed by atoms with Crippen LogP contribution in [0.5, 0.6) is 5.75 Å². The molecule has 3 aliphatic rings. The standard InChI is InChI=1S/C19H18N2O5/c1-25-15(22)10-26-14-6-2-11(3-7-14)9-20-21-18(23)16-12-4-5-13(8-12)17(16)19(21)24/h2-7,9,12-13,16-17H,8,10H2,1H3/b20-9-/t12-,13-,16+,17+/m0/s1. The maximum atomic E-state index is 12.5. The van der Waals surface area contributed by atoms with Crippen molar-refractivity contribution in [3.05, 3.63) is 42.0 Å². The molecular weight excluding hydrogens is 336 g/mol. The van der Waals surface area contributed by atoms with E-state index in [1.165, 1.54) is 13.3 Å². The largest absolute Gasteiger partial charge is 0.482 e. The highest BCUT2D eigenvalue weighted by molar-refractivity contribution is 6.06. The Labute approximate surface area is 150 Å². The van der Waals surface area contributed by atoms with Crippen molar-refractivity contribution in [1.29, 1.82) is 0 Å². The van der Waals surface area contributed by atoms with Crippen LogP contribution in [0.15, 0.2) is 41.5 Å². The fourth-order valence-corrected chi connectivity index (χ4v) is 3.98. The van der Waals surface area contributed by atoms with Crippen molar-refractivity contribution < 1.29 is 23.9 Å². The number of allylic oxidation sites excluding steroid dienone is 2. The lowest BCUT2D eigenvalue weighted by Crippen LogP contribution is -2.28. The summed E-state index contributed by atoms with van der Waals surface area (Å²) in [7, 11) is 1.29. The van der Waals surface area contributed by atoms with E-state index >= 15 is 0 Å². The van der Waals surface area contributed by atoms with Crippen molar-refractivity contribution in [3.63, 3.8) is 0 Å². The number of hydrogen-bond donors (Lipinski definition) is 0. The van der Waals surface area contributed by atoms with Gasteiger partial charge >= 0.3 is 5.97 Å². The number of hydrogen-bond acceptors (Lipinski definition) is 6. The third kappa shape index (κ3) is 2.69. The minimum absolute atomic E-state index is 0.167. The molecule has 2 bridgehead atoms. The van der Waals surface area contributed by atoms with Gasteiger partial charge in [-0.15, -0.1) is 0 Å². The van der Waals surface area contributed by atoms with Crippen LogP contribution in [-0.4, -0.2) is 42.7 Å². The number of hydrazone groups is 1. The molecule has 1 aliphatic heterocycles. The van der Waals surface area contributed by atoms with Gasteiger partial charge in [-0.2, -0.15) is 10.1 Å². The first-order chi connectivity index (χ1) is 12.6. The van der Waals surface area contributed by atoms with E-state index in [1.54, 1.807) is 24.3 Å². The van der Waals surface area contributed by atoms with Gasteiger partial charge in [-0.1, -0.05) is 12.2 Å². The van der Waals surface area contributed by atoms with E-state index in [-0.39, 0.29) is 42.1 Å². The van der Waals surface area contributed by atoms with E-state index < -0.39 is 5.97 Å². The SMILES string of the molecule is COC(=O)COc1ccc(/C=N\N2C(=O)[C@H]3[C@H](C2=O)[C@H]2C=C[C@H]3C2)cc1. The molecule has 0 N–H and O–H groups in total. The zero-order chi connectivity index (χ0) is 18.3. The summed E-state index contributed by atoms with van der Waals surface area (Å²) in [5, 5.41) is 5.14. The van der Waals surface area contributed by atoms with E-state index in [2.05, 4.69) is 22.0 Å². The Hall–Kier alpha value is -2.96. The number of rotatable bonds is 5. The third-order valence-electron chi connectivity index (χ3n) is 5.23. The van der Waals surface area contributed by atoms with E-state index in [4.69, 9.17) is 4.74 Å². The molecule has 4 rings (SSSR count). The molecular formula is C19H18N2O5. The number of esters is 1. The summed E-state index contributed by atoms with van der Waals surface area (Å²) >= 11 is 0. The van der Waals surface area contributed by atoms with Crippen LogP contribution in [0.2, 0.25) is 0 Å². The fourth-order valence-electron chi connectivity index (χ4n) is 3.98. The quantitative estimate of drug-likeness (QED) is 0.345. The van der Waals surface area contributed by atoms with Crippen molar-refractivity contribution in [2.45, 2.75) is 6.42 Å². The molecule has 0 spiro atoms. The molecule has 26 heavy (non-hydrogen) atoms. The average Bonchev–Trinajstić information content (AvgIpc) is 3.33. The topological polar surface area (TPSA) is 85.3 Å². The number of carbonyl (C=O) groups excluding carboxylic acids is 3. The molecule has 4 atom stereocenters. The van der Waals surface area contributed by atoms with Gasteiger partial charge in [0.2, 0.25) is 0 Å². The molecule has 1 aromatic rings. The van der Waals surface area contributed by atoms with E-state index in [9.17, 15) is 14.4 Å². The Morgan fingerprint density at radius 1 is 1.15 bits per heavy atom. The van der Waals surface area contributed by atoms with Gasteiger partial charge in [-0.3, -0.25) is 9.59 Å². The lowest BCUT2D eigenvalue weighted by molar-refractivity contribution is -0.143. The van der Waals surface area contributed by atoms with Crippen LogP contribution < -0.4 is 4.74 Å². The third-order valence-corrected chi connectivity index (χ3v) is 5.23. The molecule has 0 radical (unpaired) electrons. The summed E-state index contributed by atoms with van der Waals surface area (Å²) in [6, 6.07) is 6.81. The van der Waals surface area contributed by atoms with Gasteiger partial charge in [0.15, 0.2) is 6.61 Å². The van der Waals surface area contributed by atoms with E-state index in [1.807, 2.05) is 0 Å². The summed E-state index contributed by atoms with van der Waals surface area (Å²) in [5.74, 6) is -0.501. The predicted octanol–water partition coefficient (Wildman–Crippen LogP) is 1.38. The van der Waals surface area contributed by atoms with Gasteiger partial charge in [0.05, 0.1) is 25.2 Å². The zero-order valence-corrected chi connectivity index (χ0v) is 14.2. The number of benzene rings is 1. The molecule has 1 saturated heterocycles. The molecule has 134 valence electrons. The van der Waals surface area contributed by atoms with Crippen LogP contribution in [0.25, 0.3) is 0 Å². The van der Waals surface area contributed by atoms with Crippen molar-refractivity contribution in [2.75, 3.05) is 13.7 Å².